The molecule has 3 nitrogen and oxygen atoms in total. The lowest BCUT2D eigenvalue weighted by Crippen LogP contribution is -2.10. The van der Waals surface area contributed by atoms with Gasteiger partial charge in [-0.25, -0.2) is 0 Å². The van der Waals surface area contributed by atoms with Gasteiger partial charge in [0.25, 0.3) is 0 Å². The van der Waals surface area contributed by atoms with Crippen molar-refractivity contribution >= 4 is 0 Å². The standard InChI is InChI=1S/C21H36O3/c1-5-8-11-16(12-9-6-2)20-18(22)13-17(14-19(20)23)21(24)15(4)10-7-3/h13-16,21-24H,5-12H2,1-4H3/t15-,21+/m0/s1. The van der Waals surface area contributed by atoms with E-state index in [9.17, 15) is 15.3 Å². The molecule has 1 aromatic carbocycles. The van der Waals surface area contributed by atoms with Gasteiger partial charge in [-0.15, -0.1) is 0 Å². The quantitative estimate of drug-likeness (QED) is 0.462. The summed E-state index contributed by atoms with van der Waals surface area (Å²) in [6.45, 7) is 8.41. The molecule has 1 rings (SSSR count). The van der Waals surface area contributed by atoms with E-state index in [-0.39, 0.29) is 23.3 Å². The molecule has 1 aromatic rings. The Kier molecular flexibility index (Phi) is 9.20. The molecule has 0 radical (unpaired) electrons. The summed E-state index contributed by atoms with van der Waals surface area (Å²) >= 11 is 0. The number of phenolic OH excluding ortho intramolecular Hbond substituents is 2. The highest BCUT2D eigenvalue weighted by molar-refractivity contribution is 5.49. The third kappa shape index (κ3) is 5.70. The van der Waals surface area contributed by atoms with Gasteiger partial charge in [0.2, 0.25) is 0 Å². The number of unbranched alkanes of at least 4 members (excludes halogenated alkanes) is 2. The van der Waals surface area contributed by atoms with E-state index in [0.717, 1.165) is 51.4 Å². The third-order valence-electron chi connectivity index (χ3n) is 5.00. The number of rotatable bonds is 11. The van der Waals surface area contributed by atoms with Gasteiger partial charge in [0.05, 0.1) is 6.10 Å². The average Bonchev–Trinajstić information content (AvgIpc) is 2.55. The van der Waals surface area contributed by atoms with Gasteiger partial charge in [-0.2, -0.15) is 0 Å². The van der Waals surface area contributed by atoms with Crippen LogP contribution in [0.4, 0.5) is 0 Å². The summed E-state index contributed by atoms with van der Waals surface area (Å²) in [6.07, 6.45) is 7.61. The number of aliphatic hydroxyl groups is 1. The molecule has 0 fully saturated rings. The fourth-order valence-electron chi connectivity index (χ4n) is 3.51. The molecule has 3 N–H and O–H groups in total. The van der Waals surface area contributed by atoms with Crippen LogP contribution >= 0.6 is 0 Å². The van der Waals surface area contributed by atoms with Crippen LogP contribution in [0, 0.1) is 5.92 Å². The lowest BCUT2D eigenvalue weighted by Gasteiger charge is -2.23. The smallest absolute Gasteiger partial charge is 0.123 e. The first kappa shape index (κ1) is 20.8. The van der Waals surface area contributed by atoms with Crippen LogP contribution in [-0.4, -0.2) is 15.3 Å². The highest BCUT2D eigenvalue weighted by Crippen LogP contribution is 2.42. The Morgan fingerprint density at radius 3 is 1.75 bits per heavy atom. The zero-order chi connectivity index (χ0) is 18.1. The number of benzene rings is 1. The fourth-order valence-corrected chi connectivity index (χ4v) is 3.51. The van der Waals surface area contributed by atoms with E-state index in [4.69, 9.17) is 0 Å². The highest BCUT2D eigenvalue weighted by Gasteiger charge is 2.23. The molecule has 0 spiro atoms. The van der Waals surface area contributed by atoms with Crippen molar-refractivity contribution in [2.45, 2.75) is 91.1 Å². The topological polar surface area (TPSA) is 60.7 Å². The summed E-state index contributed by atoms with van der Waals surface area (Å²) in [6, 6.07) is 3.30. The van der Waals surface area contributed by atoms with Gasteiger partial charge in [-0.1, -0.05) is 59.8 Å². The number of aliphatic hydroxyl groups excluding tert-OH is 1. The van der Waals surface area contributed by atoms with Gasteiger partial charge < -0.3 is 15.3 Å². The van der Waals surface area contributed by atoms with E-state index < -0.39 is 6.10 Å². The van der Waals surface area contributed by atoms with Crippen LogP contribution in [0.2, 0.25) is 0 Å². The molecule has 0 aliphatic rings. The molecule has 0 heterocycles. The summed E-state index contributed by atoms with van der Waals surface area (Å²) in [5.41, 5.74) is 1.27. The van der Waals surface area contributed by atoms with Crippen molar-refractivity contribution < 1.29 is 15.3 Å². The Morgan fingerprint density at radius 1 is 0.833 bits per heavy atom. The molecule has 0 aliphatic heterocycles. The first-order chi connectivity index (χ1) is 11.5. The number of phenols is 2. The Balaban J connectivity index is 3.07. The van der Waals surface area contributed by atoms with Gasteiger partial charge >= 0.3 is 0 Å². The summed E-state index contributed by atoms with van der Waals surface area (Å²) in [5, 5.41) is 31.5. The Morgan fingerprint density at radius 2 is 1.33 bits per heavy atom. The zero-order valence-corrected chi connectivity index (χ0v) is 15.9. The summed E-state index contributed by atoms with van der Waals surface area (Å²) in [5.74, 6) is 0.551. The zero-order valence-electron chi connectivity index (χ0n) is 15.9. The number of hydrogen-bond acceptors (Lipinski definition) is 3. The predicted octanol–water partition coefficient (Wildman–Crippen LogP) is 6.03. The monoisotopic (exact) mass is 336 g/mol. The maximum Gasteiger partial charge on any atom is 0.123 e. The van der Waals surface area contributed by atoms with Crippen molar-refractivity contribution in [3.05, 3.63) is 23.3 Å². The van der Waals surface area contributed by atoms with Crippen LogP contribution in [0.1, 0.15) is 102 Å². The van der Waals surface area contributed by atoms with E-state index in [1.54, 1.807) is 12.1 Å². The lowest BCUT2D eigenvalue weighted by atomic mass is 9.85. The largest absolute Gasteiger partial charge is 0.508 e. The molecule has 0 saturated carbocycles. The maximum atomic E-state index is 10.5. The fraction of sp³-hybridized carbons (Fsp3) is 0.714. The molecule has 0 bridgehead atoms. The van der Waals surface area contributed by atoms with Crippen molar-refractivity contribution in [3.63, 3.8) is 0 Å². The molecular weight excluding hydrogens is 300 g/mol. The van der Waals surface area contributed by atoms with Gasteiger partial charge in [-0.05, 0) is 48.8 Å². The molecule has 0 amide bonds. The number of hydrogen-bond donors (Lipinski definition) is 3. The van der Waals surface area contributed by atoms with Crippen LogP contribution in [0.15, 0.2) is 12.1 Å². The minimum atomic E-state index is -0.652. The van der Waals surface area contributed by atoms with Crippen molar-refractivity contribution in [3.8, 4) is 11.5 Å². The van der Waals surface area contributed by atoms with E-state index in [0.29, 0.717) is 11.1 Å². The molecular formula is C21H36O3. The molecule has 2 atom stereocenters. The first-order valence-electron chi connectivity index (χ1n) is 9.69. The second-order valence-electron chi connectivity index (χ2n) is 7.17. The molecule has 3 heteroatoms. The molecule has 0 unspecified atom stereocenters. The van der Waals surface area contributed by atoms with Crippen molar-refractivity contribution in [1.82, 2.24) is 0 Å². The molecule has 138 valence electrons. The SMILES string of the molecule is CCCCC(CCCC)c1c(O)cc([C@H](O)[C@@H](C)CCC)cc1O. The number of aromatic hydroxyl groups is 2. The van der Waals surface area contributed by atoms with Crippen molar-refractivity contribution in [1.29, 1.82) is 0 Å². The second-order valence-corrected chi connectivity index (χ2v) is 7.17. The van der Waals surface area contributed by atoms with Gasteiger partial charge in [0, 0.05) is 5.56 Å². The summed E-state index contributed by atoms with van der Waals surface area (Å²) in [4.78, 5) is 0. The second kappa shape index (κ2) is 10.6. The first-order valence-corrected chi connectivity index (χ1v) is 9.69. The molecule has 24 heavy (non-hydrogen) atoms. The van der Waals surface area contributed by atoms with Crippen LogP contribution in [-0.2, 0) is 0 Å². The van der Waals surface area contributed by atoms with Crippen LogP contribution < -0.4 is 0 Å². The molecule has 0 saturated heterocycles. The van der Waals surface area contributed by atoms with Gasteiger partial charge in [-0.3, -0.25) is 0 Å². The summed E-state index contributed by atoms with van der Waals surface area (Å²) < 4.78 is 0. The minimum absolute atomic E-state index is 0.107. The maximum absolute atomic E-state index is 10.5. The summed E-state index contributed by atoms with van der Waals surface area (Å²) in [7, 11) is 0. The van der Waals surface area contributed by atoms with Crippen LogP contribution in [0.5, 0.6) is 11.5 Å². The molecule has 0 aromatic heterocycles. The Bertz CT molecular complexity index is 453. The van der Waals surface area contributed by atoms with Gasteiger partial charge in [0.15, 0.2) is 0 Å². The van der Waals surface area contributed by atoms with Gasteiger partial charge in [0.1, 0.15) is 11.5 Å². The van der Waals surface area contributed by atoms with E-state index >= 15 is 0 Å². The normalized spacial score (nSPS) is 14.1. The Hall–Kier alpha value is -1.22. The molecule has 0 aliphatic carbocycles. The predicted molar refractivity (Wildman–Crippen MR) is 101 cm³/mol. The third-order valence-corrected chi connectivity index (χ3v) is 5.00. The van der Waals surface area contributed by atoms with Crippen molar-refractivity contribution in [2.24, 2.45) is 5.92 Å². The van der Waals surface area contributed by atoms with E-state index in [2.05, 4.69) is 20.8 Å². The van der Waals surface area contributed by atoms with Crippen LogP contribution in [0.25, 0.3) is 0 Å². The van der Waals surface area contributed by atoms with E-state index in [1.807, 2.05) is 6.92 Å². The average molecular weight is 337 g/mol. The van der Waals surface area contributed by atoms with Crippen LogP contribution in [0.3, 0.4) is 0 Å². The lowest BCUT2D eigenvalue weighted by molar-refractivity contribution is 0.112. The Labute approximate surface area is 147 Å². The minimum Gasteiger partial charge on any atom is -0.508 e. The van der Waals surface area contributed by atoms with Crippen molar-refractivity contribution in [2.75, 3.05) is 0 Å². The highest BCUT2D eigenvalue weighted by atomic mass is 16.3. The van der Waals surface area contributed by atoms with E-state index in [1.165, 1.54) is 0 Å².